The van der Waals surface area contributed by atoms with Crippen LogP contribution in [0.2, 0.25) is 0 Å². The van der Waals surface area contributed by atoms with E-state index in [0.29, 0.717) is 21.6 Å². The van der Waals surface area contributed by atoms with Crippen molar-refractivity contribution in [2.75, 3.05) is 0 Å². The van der Waals surface area contributed by atoms with Gasteiger partial charge in [0.1, 0.15) is 5.01 Å². The summed E-state index contributed by atoms with van der Waals surface area (Å²) >= 11 is 1.14. The predicted molar refractivity (Wildman–Crippen MR) is 103 cm³/mol. The summed E-state index contributed by atoms with van der Waals surface area (Å²) in [5, 5.41) is 16.2. The van der Waals surface area contributed by atoms with Crippen LogP contribution in [0.25, 0.3) is 10.9 Å². The molecule has 0 saturated carbocycles. The summed E-state index contributed by atoms with van der Waals surface area (Å²) in [6, 6.07) is 3.61. The number of hydrogen-bond donors (Lipinski definition) is 1. The first-order chi connectivity index (χ1) is 13.7. The Morgan fingerprint density at radius 3 is 2.69 bits per heavy atom. The number of carboxylic acids is 1. The third kappa shape index (κ3) is 3.69. The maximum absolute atomic E-state index is 13.3. The molecule has 9 heteroatoms. The van der Waals surface area contributed by atoms with Crippen molar-refractivity contribution in [1.29, 1.82) is 0 Å². The Hall–Kier alpha value is -2.94. The van der Waals surface area contributed by atoms with Gasteiger partial charge in [-0.05, 0) is 18.1 Å². The summed E-state index contributed by atoms with van der Waals surface area (Å²) in [6.07, 6.45) is 3.38. The van der Waals surface area contributed by atoms with Crippen LogP contribution in [0, 0.1) is 5.92 Å². The molecular formula is C20H16F3N3O2S. The Labute approximate surface area is 167 Å². The number of alkyl halides is 3. The molecule has 0 fully saturated rings. The van der Waals surface area contributed by atoms with Crippen molar-refractivity contribution in [1.82, 2.24) is 14.8 Å². The Bertz CT molecular complexity index is 1140. The van der Waals surface area contributed by atoms with Crippen LogP contribution in [0.15, 0.2) is 47.9 Å². The van der Waals surface area contributed by atoms with Gasteiger partial charge in [-0.1, -0.05) is 37.3 Å². The summed E-state index contributed by atoms with van der Waals surface area (Å²) in [4.78, 5) is 15.1. The number of allylic oxidation sites excluding steroid dienone is 4. The molecule has 1 aliphatic carbocycles. The largest absolute Gasteiger partial charge is 0.476 e. The van der Waals surface area contributed by atoms with Crippen LogP contribution >= 0.6 is 11.3 Å². The number of rotatable bonds is 4. The van der Waals surface area contributed by atoms with Crippen LogP contribution in [0.4, 0.5) is 13.2 Å². The molecule has 2 aromatic heterocycles. The predicted octanol–water partition coefficient (Wildman–Crippen LogP) is 5.10. The van der Waals surface area contributed by atoms with Gasteiger partial charge in [0.05, 0.1) is 23.3 Å². The first kappa shape index (κ1) is 19.4. The number of aromatic carboxylic acids is 1. The third-order valence-electron chi connectivity index (χ3n) is 4.89. The van der Waals surface area contributed by atoms with Crippen molar-refractivity contribution in [3.8, 4) is 0 Å². The highest BCUT2D eigenvalue weighted by atomic mass is 32.1. The first-order valence-corrected chi connectivity index (χ1v) is 9.72. The minimum absolute atomic E-state index is 0.0636. The normalized spacial score (nSPS) is 19.2. The average molecular weight is 419 g/mol. The van der Waals surface area contributed by atoms with Crippen molar-refractivity contribution in [2.45, 2.75) is 25.6 Å². The second kappa shape index (κ2) is 7.14. The number of nitrogens with zero attached hydrogens (tertiary/aromatic N) is 3. The third-order valence-corrected chi connectivity index (χ3v) is 5.72. The molecule has 5 nitrogen and oxygen atoms in total. The summed E-state index contributed by atoms with van der Waals surface area (Å²) in [6.45, 7) is 2.12. The Kier molecular flexibility index (Phi) is 4.77. The molecular weight excluding hydrogens is 403 g/mol. The standard InChI is InChI=1S/C20H16F3N3O2S/c1-11-4-2-3-5-13(11)18-14-7-6-12(20(21,22)23)8-16(14)26(25-18)9-17-24-15(10-29-17)19(27)28/h2-8,10-11,13H,9H2,1H3,(H,27,28). The zero-order chi connectivity index (χ0) is 20.8. The van der Waals surface area contributed by atoms with Crippen LogP contribution < -0.4 is 0 Å². The number of aromatic nitrogens is 3. The smallest absolute Gasteiger partial charge is 0.416 e. The quantitative estimate of drug-likeness (QED) is 0.639. The van der Waals surface area contributed by atoms with Crippen LogP contribution in [0.1, 0.15) is 39.6 Å². The maximum Gasteiger partial charge on any atom is 0.416 e. The zero-order valence-corrected chi connectivity index (χ0v) is 16.0. The van der Waals surface area contributed by atoms with Gasteiger partial charge in [-0.2, -0.15) is 18.3 Å². The molecule has 150 valence electrons. The molecule has 2 unspecified atom stereocenters. The van der Waals surface area contributed by atoms with Crippen molar-refractivity contribution < 1.29 is 23.1 Å². The number of fused-ring (bicyclic) bond motifs is 1. The van der Waals surface area contributed by atoms with Gasteiger partial charge in [-0.15, -0.1) is 11.3 Å². The number of hydrogen-bond acceptors (Lipinski definition) is 4. The second-order valence-electron chi connectivity index (χ2n) is 6.86. The highest BCUT2D eigenvalue weighted by molar-refractivity contribution is 7.09. The van der Waals surface area contributed by atoms with Crippen molar-refractivity contribution in [2.24, 2.45) is 5.92 Å². The summed E-state index contributed by atoms with van der Waals surface area (Å²) < 4.78 is 41.3. The van der Waals surface area contributed by atoms with Gasteiger partial charge in [-0.25, -0.2) is 9.78 Å². The lowest BCUT2D eigenvalue weighted by atomic mass is 9.86. The summed E-state index contributed by atoms with van der Waals surface area (Å²) in [5.74, 6) is -1.07. The van der Waals surface area contributed by atoms with E-state index in [-0.39, 0.29) is 24.1 Å². The lowest BCUT2D eigenvalue weighted by molar-refractivity contribution is -0.137. The Morgan fingerprint density at radius 1 is 1.28 bits per heavy atom. The topological polar surface area (TPSA) is 68.0 Å². The molecule has 0 saturated heterocycles. The molecule has 0 spiro atoms. The average Bonchev–Trinajstić information content (AvgIpc) is 3.27. The number of halogens is 3. The van der Waals surface area contributed by atoms with Gasteiger partial charge in [0, 0.05) is 16.7 Å². The second-order valence-corrected chi connectivity index (χ2v) is 7.80. The first-order valence-electron chi connectivity index (χ1n) is 8.84. The fourth-order valence-corrected chi connectivity index (χ4v) is 4.16. The molecule has 1 aliphatic rings. The van der Waals surface area contributed by atoms with E-state index in [1.807, 2.05) is 31.2 Å². The van der Waals surface area contributed by atoms with Crippen molar-refractivity contribution >= 4 is 28.2 Å². The van der Waals surface area contributed by atoms with Gasteiger partial charge in [0.25, 0.3) is 0 Å². The van der Waals surface area contributed by atoms with E-state index in [0.717, 1.165) is 23.5 Å². The number of carboxylic acid groups (broad SMARTS) is 1. The molecule has 1 aromatic carbocycles. The van der Waals surface area contributed by atoms with Crippen molar-refractivity contribution in [3.05, 3.63) is 69.8 Å². The number of benzene rings is 1. The molecule has 2 atom stereocenters. The minimum atomic E-state index is -4.47. The van der Waals surface area contributed by atoms with E-state index in [2.05, 4.69) is 10.1 Å². The van der Waals surface area contributed by atoms with Gasteiger partial charge in [-0.3, -0.25) is 4.68 Å². The molecule has 0 radical (unpaired) electrons. The molecule has 3 aromatic rings. The van der Waals surface area contributed by atoms with E-state index in [9.17, 15) is 18.0 Å². The molecule has 29 heavy (non-hydrogen) atoms. The van der Waals surface area contributed by atoms with Crippen LogP contribution in [0.5, 0.6) is 0 Å². The van der Waals surface area contributed by atoms with Crippen LogP contribution in [-0.2, 0) is 12.7 Å². The molecule has 0 aliphatic heterocycles. The SMILES string of the molecule is CC1C=CC=CC1c1nn(Cc2nc(C(=O)O)cs2)c2cc(C(F)(F)F)ccc12. The summed E-state index contributed by atoms with van der Waals surface area (Å²) in [5.41, 5.74) is 0.190. The lowest BCUT2D eigenvalue weighted by Crippen LogP contribution is -2.10. The maximum atomic E-state index is 13.3. The van der Waals surface area contributed by atoms with E-state index < -0.39 is 17.7 Å². The van der Waals surface area contributed by atoms with Gasteiger partial charge in [0.15, 0.2) is 5.69 Å². The minimum Gasteiger partial charge on any atom is -0.476 e. The zero-order valence-electron chi connectivity index (χ0n) is 15.2. The van der Waals surface area contributed by atoms with E-state index in [1.165, 1.54) is 16.1 Å². The van der Waals surface area contributed by atoms with E-state index >= 15 is 0 Å². The number of carbonyl (C=O) groups is 1. The van der Waals surface area contributed by atoms with Crippen LogP contribution in [-0.4, -0.2) is 25.8 Å². The van der Waals surface area contributed by atoms with E-state index in [1.54, 1.807) is 0 Å². The Morgan fingerprint density at radius 2 is 2.03 bits per heavy atom. The fraction of sp³-hybridized carbons (Fsp3) is 0.250. The van der Waals surface area contributed by atoms with Gasteiger partial charge < -0.3 is 5.11 Å². The van der Waals surface area contributed by atoms with Gasteiger partial charge in [0.2, 0.25) is 0 Å². The summed E-state index contributed by atoms with van der Waals surface area (Å²) in [7, 11) is 0. The highest BCUT2D eigenvalue weighted by Crippen LogP contribution is 2.37. The van der Waals surface area contributed by atoms with Crippen molar-refractivity contribution in [3.63, 3.8) is 0 Å². The fourth-order valence-electron chi connectivity index (χ4n) is 3.41. The monoisotopic (exact) mass is 419 g/mol. The Balaban J connectivity index is 1.83. The lowest BCUT2D eigenvalue weighted by Gasteiger charge is -2.18. The highest BCUT2D eigenvalue weighted by Gasteiger charge is 2.32. The number of thiazole rings is 1. The molecule has 0 amide bonds. The van der Waals surface area contributed by atoms with E-state index in [4.69, 9.17) is 5.11 Å². The van der Waals surface area contributed by atoms with Crippen LogP contribution in [0.3, 0.4) is 0 Å². The molecule has 2 heterocycles. The molecule has 0 bridgehead atoms. The van der Waals surface area contributed by atoms with Gasteiger partial charge >= 0.3 is 12.1 Å². The molecule has 1 N–H and O–H groups in total. The molecule has 4 rings (SSSR count).